The number of nitriles is 1. The predicted molar refractivity (Wildman–Crippen MR) is 126 cm³/mol. The molecule has 5 heteroatoms. The van der Waals surface area contributed by atoms with Crippen molar-refractivity contribution in [3.05, 3.63) is 54.1 Å². The molecule has 0 saturated heterocycles. The fourth-order valence-corrected chi connectivity index (χ4v) is 5.58. The maximum Gasteiger partial charge on any atom is 0.573 e. The van der Waals surface area contributed by atoms with Gasteiger partial charge in [-0.15, -0.1) is 13.2 Å². The number of unbranched alkanes of at least 4 members (excludes halogenated alkanes) is 1. The smallest absolute Gasteiger partial charge is 0.406 e. The van der Waals surface area contributed by atoms with Crippen molar-refractivity contribution in [3.8, 4) is 11.8 Å². The zero-order chi connectivity index (χ0) is 23.5. The fourth-order valence-electron chi connectivity index (χ4n) is 5.58. The van der Waals surface area contributed by atoms with Gasteiger partial charge in [0.15, 0.2) is 0 Å². The summed E-state index contributed by atoms with van der Waals surface area (Å²) in [7, 11) is 0. The van der Waals surface area contributed by atoms with Crippen LogP contribution in [-0.4, -0.2) is 6.36 Å². The molecule has 0 atom stereocenters. The van der Waals surface area contributed by atoms with Gasteiger partial charge in [-0.2, -0.15) is 5.26 Å². The molecule has 0 heterocycles. The number of halogens is 3. The van der Waals surface area contributed by atoms with Gasteiger partial charge in [-0.3, -0.25) is 0 Å². The molecule has 2 fully saturated rings. The zero-order valence-electron chi connectivity index (χ0n) is 19.4. The van der Waals surface area contributed by atoms with E-state index in [1.165, 1.54) is 82.4 Å². The van der Waals surface area contributed by atoms with Crippen LogP contribution in [0.15, 0.2) is 48.6 Å². The molecule has 2 saturated carbocycles. The van der Waals surface area contributed by atoms with Crippen molar-refractivity contribution in [2.75, 3.05) is 0 Å². The quantitative estimate of drug-likeness (QED) is 0.210. The van der Waals surface area contributed by atoms with E-state index in [4.69, 9.17) is 5.26 Å². The van der Waals surface area contributed by atoms with E-state index in [0.717, 1.165) is 30.2 Å². The van der Waals surface area contributed by atoms with Crippen molar-refractivity contribution in [3.63, 3.8) is 0 Å². The monoisotopic (exact) mass is 459 g/mol. The highest BCUT2D eigenvalue weighted by Crippen LogP contribution is 2.39. The minimum Gasteiger partial charge on any atom is -0.406 e. The minimum atomic E-state index is -4.63. The average Bonchev–Trinajstić information content (AvgIpc) is 2.80. The Bertz CT molecular complexity index is 790. The van der Waals surface area contributed by atoms with Gasteiger partial charge in [0.2, 0.25) is 0 Å². The first-order valence-corrected chi connectivity index (χ1v) is 12.5. The third-order valence-electron chi connectivity index (χ3n) is 7.46. The summed E-state index contributed by atoms with van der Waals surface area (Å²) >= 11 is 0. The Morgan fingerprint density at radius 2 is 1.42 bits per heavy atom. The Kier molecular flexibility index (Phi) is 9.91. The molecule has 2 aliphatic carbocycles. The topological polar surface area (TPSA) is 33.0 Å². The number of rotatable bonds is 9. The second kappa shape index (κ2) is 12.9. The van der Waals surface area contributed by atoms with Crippen molar-refractivity contribution in [1.29, 1.82) is 5.26 Å². The normalized spacial score (nSPS) is 26.5. The van der Waals surface area contributed by atoms with Crippen LogP contribution in [0.5, 0.6) is 5.75 Å². The summed E-state index contributed by atoms with van der Waals surface area (Å²) in [6, 6.07) is 8.47. The lowest BCUT2D eigenvalue weighted by atomic mass is 9.76. The summed E-state index contributed by atoms with van der Waals surface area (Å²) in [4.78, 5) is 0. The Labute approximate surface area is 196 Å². The molecular formula is C28H36F3NO. The Hall–Kier alpha value is -2.22. The summed E-state index contributed by atoms with van der Waals surface area (Å²) in [5, 5.41) is 8.52. The van der Waals surface area contributed by atoms with E-state index in [0.29, 0.717) is 11.8 Å². The molecule has 0 N–H and O–H groups in total. The van der Waals surface area contributed by atoms with Crippen molar-refractivity contribution in [2.45, 2.75) is 89.3 Å². The Morgan fingerprint density at radius 3 is 1.97 bits per heavy atom. The van der Waals surface area contributed by atoms with E-state index in [1.54, 1.807) is 12.1 Å². The van der Waals surface area contributed by atoms with Crippen molar-refractivity contribution < 1.29 is 17.9 Å². The van der Waals surface area contributed by atoms with Gasteiger partial charge in [0.25, 0.3) is 0 Å². The number of allylic oxidation sites excluding steroid dienone is 4. The first-order valence-electron chi connectivity index (χ1n) is 12.5. The molecule has 2 nitrogen and oxygen atoms in total. The molecule has 180 valence electrons. The first kappa shape index (κ1) is 25.4. The van der Waals surface area contributed by atoms with Crippen LogP contribution < -0.4 is 4.74 Å². The molecule has 0 unspecified atom stereocenters. The van der Waals surface area contributed by atoms with Crippen molar-refractivity contribution >= 4 is 0 Å². The summed E-state index contributed by atoms with van der Waals surface area (Å²) in [6.45, 7) is 0. The standard InChI is InChI=1S/C28H36F3NO/c29-28(30,31)33-27-19-17-26(18-20-27)25-15-13-24(14-16-25)8-4-3-7-23-11-9-22(10-12-23)6-2-1-5-21-32/h1-2,5-6,17-20,22-25H,3-4,7-16H2/b5-1+,6-2+. The lowest BCUT2D eigenvalue weighted by Crippen LogP contribution is -2.17. The summed E-state index contributed by atoms with van der Waals surface area (Å²) in [5.74, 6) is 2.67. The van der Waals surface area contributed by atoms with E-state index in [2.05, 4.69) is 10.8 Å². The van der Waals surface area contributed by atoms with Crippen LogP contribution in [0.4, 0.5) is 13.2 Å². The average molecular weight is 460 g/mol. The molecule has 0 radical (unpaired) electrons. The SMILES string of the molecule is N#C/C=C/C=C/C1CCC(CCCCC2CCC(c3ccc(OC(F)(F)F)cc3)CC2)CC1. The van der Waals surface area contributed by atoms with Gasteiger partial charge in [0.1, 0.15) is 5.75 Å². The second-order valence-electron chi connectivity index (χ2n) is 9.77. The maximum atomic E-state index is 12.3. The van der Waals surface area contributed by atoms with E-state index in [9.17, 15) is 13.2 Å². The molecular weight excluding hydrogens is 423 g/mol. The number of alkyl halides is 3. The van der Waals surface area contributed by atoms with E-state index in [1.807, 2.05) is 18.2 Å². The highest BCUT2D eigenvalue weighted by molar-refractivity contribution is 5.29. The summed E-state index contributed by atoms with van der Waals surface area (Å²) < 4.78 is 40.9. The molecule has 1 aromatic carbocycles. The van der Waals surface area contributed by atoms with E-state index >= 15 is 0 Å². The largest absolute Gasteiger partial charge is 0.573 e. The molecule has 0 spiro atoms. The predicted octanol–water partition coefficient (Wildman–Crippen LogP) is 8.86. The number of ether oxygens (including phenoxy) is 1. The van der Waals surface area contributed by atoms with Crippen LogP contribution in [0.2, 0.25) is 0 Å². The van der Waals surface area contributed by atoms with Crippen LogP contribution in [0.1, 0.15) is 88.5 Å². The molecule has 3 rings (SSSR count). The molecule has 0 bridgehead atoms. The fraction of sp³-hybridized carbons (Fsp3) is 0.607. The molecule has 2 aliphatic rings. The number of nitrogens with zero attached hydrogens (tertiary/aromatic N) is 1. The summed E-state index contributed by atoms with van der Waals surface area (Å²) in [6.07, 6.45) is 18.2. The van der Waals surface area contributed by atoms with Gasteiger partial charge in [0, 0.05) is 6.08 Å². The van der Waals surface area contributed by atoms with Gasteiger partial charge in [-0.1, -0.05) is 56.0 Å². The lowest BCUT2D eigenvalue weighted by molar-refractivity contribution is -0.274. The van der Waals surface area contributed by atoms with Crippen LogP contribution in [0.3, 0.4) is 0 Å². The third-order valence-corrected chi connectivity index (χ3v) is 7.46. The highest BCUT2D eigenvalue weighted by atomic mass is 19.4. The van der Waals surface area contributed by atoms with E-state index in [-0.39, 0.29) is 5.75 Å². The number of hydrogen-bond acceptors (Lipinski definition) is 2. The van der Waals surface area contributed by atoms with E-state index < -0.39 is 6.36 Å². The second-order valence-corrected chi connectivity index (χ2v) is 9.77. The van der Waals surface area contributed by atoms with Crippen LogP contribution in [0.25, 0.3) is 0 Å². The van der Waals surface area contributed by atoms with Gasteiger partial charge < -0.3 is 4.74 Å². The van der Waals surface area contributed by atoms with Gasteiger partial charge >= 0.3 is 6.36 Å². The van der Waals surface area contributed by atoms with Crippen molar-refractivity contribution in [1.82, 2.24) is 0 Å². The lowest BCUT2D eigenvalue weighted by Gasteiger charge is -2.29. The zero-order valence-corrected chi connectivity index (χ0v) is 19.4. The molecule has 0 amide bonds. The van der Waals surface area contributed by atoms with Crippen LogP contribution in [0, 0.1) is 29.1 Å². The van der Waals surface area contributed by atoms with Crippen LogP contribution in [-0.2, 0) is 0 Å². The summed E-state index contributed by atoms with van der Waals surface area (Å²) in [5.41, 5.74) is 1.13. The molecule has 0 aromatic heterocycles. The van der Waals surface area contributed by atoms with Gasteiger partial charge in [-0.25, -0.2) is 0 Å². The molecule has 1 aromatic rings. The van der Waals surface area contributed by atoms with Crippen LogP contribution >= 0.6 is 0 Å². The minimum absolute atomic E-state index is 0.141. The van der Waals surface area contributed by atoms with Crippen molar-refractivity contribution in [2.24, 2.45) is 17.8 Å². The van der Waals surface area contributed by atoms with Gasteiger partial charge in [-0.05, 0) is 92.7 Å². The number of hydrogen-bond donors (Lipinski definition) is 0. The van der Waals surface area contributed by atoms with Gasteiger partial charge in [0.05, 0.1) is 6.07 Å². The number of benzene rings is 1. The Balaban J connectivity index is 1.27. The molecule has 33 heavy (non-hydrogen) atoms. The molecule has 0 aliphatic heterocycles. The third kappa shape index (κ3) is 9.27. The highest BCUT2D eigenvalue weighted by Gasteiger charge is 2.31. The first-order chi connectivity index (χ1) is 15.9. The maximum absolute atomic E-state index is 12.3. The Morgan fingerprint density at radius 1 is 0.848 bits per heavy atom.